The van der Waals surface area contributed by atoms with E-state index < -0.39 is 0 Å². The lowest BCUT2D eigenvalue weighted by Crippen LogP contribution is -3.00. The SMILES string of the molecule is CCN(CC)CCNC(=O)c1ccc(Br)cc1.[Cl-]. The number of hydrogen-bond donors (Lipinski definition) is 1. The van der Waals surface area contributed by atoms with E-state index >= 15 is 0 Å². The van der Waals surface area contributed by atoms with Crippen molar-refractivity contribution in [1.82, 2.24) is 10.2 Å². The monoisotopic (exact) mass is 333 g/mol. The van der Waals surface area contributed by atoms with Gasteiger partial charge < -0.3 is 22.6 Å². The largest absolute Gasteiger partial charge is 1.00 e. The molecule has 18 heavy (non-hydrogen) atoms. The second-order valence-corrected chi connectivity index (χ2v) is 4.71. The molecule has 0 aliphatic rings. The number of carbonyl (C=O) groups is 1. The molecule has 0 aliphatic carbocycles. The lowest BCUT2D eigenvalue weighted by atomic mass is 10.2. The van der Waals surface area contributed by atoms with Gasteiger partial charge in [-0.2, -0.15) is 0 Å². The average Bonchev–Trinajstić information content (AvgIpc) is 2.35. The zero-order chi connectivity index (χ0) is 12.7. The van der Waals surface area contributed by atoms with E-state index in [0.717, 1.165) is 24.1 Å². The first-order valence-corrected chi connectivity index (χ1v) is 6.72. The van der Waals surface area contributed by atoms with Crippen molar-refractivity contribution in [2.75, 3.05) is 26.2 Å². The highest BCUT2D eigenvalue weighted by Crippen LogP contribution is 2.10. The highest BCUT2D eigenvalue weighted by molar-refractivity contribution is 9.10. The van der Waals surface area contributed by atoms with Crippen LogP contribution in [0, 0.1) is 0 Å². The maximum atomic E-state index is 11.8. The fourth-order valence-corrected chi connectivity index (χ4v) is 1.84. The molecule has 0 aliphatic heterocycles. The van der Waals surface area contributed by atoms with Gasteiger partial charge >= 0.3 is 0 Å². The summed E-state index contributed by atoms with van der Waals surface area (Å²) in [5.41, 5.74) is 0.702. The van der Waals surface area contributed by atoms with Gasteiger partial charge in [-0.1, -0.05) is 29.8 Å². The van der Waals surface area contributed by atoms with Crippen LogP contribution < -0.4 is 17.7 Å². The van der Waals surface area contributed by atoms with Crippen LogP contribution in [-0.4, -0.2) is 37.0 Å². The Kier molecular flexibility index (Phi) is 9.06. The van der Waals surface area contributed by atoms with Crippen LogP contribution in [0.2, 0.25) is 0 Å². The standard InChI is InChI=1S/C13H19BrN2O.ClH/c1-3-16(4-2)10-9-15-13(17)11-5-7-12(14)8-6-11;/h5-8H,3-4,9-10H2,1-2H3,(H,15,17);1H/p-1. The summed E-state index contributed by atoms with van der Waals surface area (Å²) in [6.07, 6.45) is 0. The Hall–Kier alpha value is -0.580. The van der Waals surface area contributed by atoms with Crippen molar-refractivity contribution in [2.45, 2.75) is 13.8 Å². The minimum Gasteiger partial charge on any atom is -1.00 e. The topological polar surface area (TPSA) is 32.3 Å². The summed E-state index contributed by atoms with van der Waals surface area (Å²) in [7, 11) is 0. The van der Waals surface area contributed by atoms with E-state index in [2.05, 4.69) is 40.0 Å². The zero-order valence-corrected chi connectivity index (χ0v) is 13.1. The van der Waals surface area contributed by atoms with Crippen LogP contribution in [-0.2, 0) is 0 Å². The van der Waals surface area contributed by atoms with Crippen molar-refractivity contribution in [3.05, 3.63) is 34.3 Å². The fourth-order valence-electron chi connectivity index (χ4n) is 1.57. The van der Waals surface area contributed by atoms with E-state index in [-0.39, 0.29) is 18.3 Å². The Balaban J connectivity index is 0.00000289. The smallest absolute Gasteiger partial charge is 0.251 e. The molecule has 0 saturated heterocycles. The molecule has 3 nitrogen and oxygen atoms in total. The van der Waals surface area contributed by atoms with Crippen LogP contribution in [0.15, 0.2) is 28.7 Å². The Labute approximate surface area is 123 Å². The van der Waals surface area contributed by atoms with Crippen molar-refractivity contribution in [3.8, 4) is 0 Å². The Morgan fingerprint density at radius 2 is 1.78 bits per heavy atom. The van der Waals surface area contributed by atoms with Gasteiger partial charge in [0.2, 0.25) is 0 Å². The molecule has 0 aromatic heterocycles. The lowest BCUT2D eigenvalue weighted by molar-refractivity contribution is -0.0000119. The number of benzene rings is 1. The Bertz CT molecular complexity index is 353. The number of nitrogens with zero attached hydrogens (tertiary/aromatic N) is 1. The maximum absolute atomic E-state index is 11.8. The summed E-state index contributed by atoms with van der Waals surface area (Å²) in [6.45, 7) is 7.88. The molecule has 102 valence electrons. The fraction of sp³-hybridized carbons (Fsp3) is 0.462. The Morgan fingerprint density at radius 3 is 2.28 bits per heavy atom. The molecule has 0 fully saturated rings. The van der Waals surface area contributed by atoms with Crippen molar-refractivity contribution < 1.29 is 17.2 Å². The van der Waals surface area contributed by atoms with Gasteiger partial charge in [-0.3, -0.25) is 4.79 Å². The minimum absolute atomic E-state index is 0. The number of nitrogens with one attached hydrogen (secondary N) is 1. The van der Waals surface area contributed by atoms with Gasteiger partial charge in [0.25, 0.3) is 5.91 Å². The third-order valence-corrected chi connectivity index (χ3v) is 3.24. The molecule has 1 aromatic carbocycles. The molecule has 0 heterocycles. The highest BCUT2D eigenvalue weighted by atomic mass is 79.9. The molecular formula is C13H19BrClN2O-. The summed E-state index contributed by atoms with van der Waals surface area (Å²) >= 11 is 3.35. The number of carbonyl (C=O) groups excluding carboxylic acids is 1. The molecule has 1 aromatic rings. The Morgan fingerprint density at radius 1 is 1.22 bits per heavy atom. The van der Waals surface area contributed by atoms with Crippen LogP contribution in [0.1, 0.15) is 24.2 Å². The molecule has 0 bridgehead atoms. The predicted octanol–water partition coefficient (Wildman–Crippen LogP) is -0.475. The van der Waals surface area contributed by atoms with Gasteiger partial charge in [-0.05, 0) is 37.4 Å². The van der Waals surface area contributed by atoms with Gasteiger partial charge in [0.05, 0.1) is 0 Å². The van der Waals surface area contributed by atoms with Gasteiger partial charge in [0, 0.05) is 23.1 Å². The lowest BCUT2D eigenvalue weighted by Gasteiger charge is -2.17. The molecule has 0 atom stereocenters. The van der Waals surface area contributed by atoms with Gasteiger partial charge in [0.1, 0.15) is 0 Å². The van der Waals surface area contributed by atoms with E-state index in [1.165, 1.54) is 0 Å². The molecule has 5 heteroatoms. The van der Waals surface area contributed by atoms with Crippen LogP contribution >= 0.6 is 15.9 Å². The van der Waals surface area contributed by atoms with E-state index in [0.29, 0.717) is 12.1 Å². The van der Waals surface area contributed by atoms with Gasteiger partial charge in [0.15, 0.2) is 0 Å². The van der Waals surface area contributed by atoms with Crippen LogP contribution in [0.25, 0.3) is 0 Å². The number of likely N-dealkylation sites (N-methyl/N-ethyl adjacent to an activating group) is 1. The number of halogens is 2. The van der Waals surface area contributed by atoms with E-state index in [4.69, 9.17) is 0 Å². The molecular weight excluding hydrogens is 316 g/mol. The molecule has 0 unspecified atom stereocenters. The first-order valence-electron chi connectivity index (χ1n) is 5.93. The van der Waals surface area contributed by atoms with Crippen molar-refractivity contribution in [2.24, 2.45) is 0 Å². The quantitative estimate of drug-likeness (QED) is 0.762. The van der Waals surface area contributed by atoms with Crippen LogP contribution in [0.5, 0.6) is 0 Å². The van der Waals surface area contributed by atoms with Crippen molar-refractivity contribution >= 4 is 21.8 Å². The third kappa shape index (κ3) is 5.85. The molecule has 0 radical (unpaired) electrons. The van der Waals surface area contributed by atoms with E-state index in [9.17, 15) is 4.79 Å². The number of rotatable bonds is 6. The van der Waals surface area contributed by atoms with Crippen molar-refractivity contribution in [3.63, 3.8) is 0 Å². The first kappa shape index (κ1) is 17.4. The summed E-state index contributed by atoms with van der Waals surface area (Å²) in [5.74, 6) is -0.00958. The summed E-state index contributed by atoms with van der Waals surface area (Å²) < 4.78 is 0.984. The second kappa shape index (κ2) is 9.36. The molecule has 1 N–H and O–H groups in total. The molecule has 1 rings (SSSR count). The highest BCUT2D eigenvalue weighted by Gasteiger charge is 2.05. The molecule has 0 saturated carbocycles. The minimum atomic E-state index is -0.00958. The number of hydrogen-bond acceptors (Lipinski definition) is 2. The number of amides is 1. The molecule has 0 spiro atoms. The normalized spacial score (nSPS) is 10.0. The van der Waals surface area contributed by atoms with Gasteiger partial charge in [-0.25, -0.2) is 0 Å². The first-order chi connectivity index (χ1) is 8.17. The third-order valence-electron chi connectivity index (χ3n) is 2.71. The zero-order valence-electron chi connectivity index (χ0n) is 10.7. The summed E-state index contributed by atoms with van der Waals surface area (Å²) in [5, 5.41) is 2.92. The summed E-state index contributed by atoms with van der Waals surface area (Å²) in [4.78, 5) is 14.0. The van der Waals surface area contributed by atoms with E-state index in [1.807, 2.05) is 24.3 Å². The van der Waals surface area contributed by atoms with Crippen LogP contribution in [0.4, 0.5) is 0 Å². The average molecular weight is 335 g/mol. The summed E-state index contributed by atoms with van der Waals surface area (Å²) in [6, 6.07) is 7.38. The van der Waals surface area contributed by atoms with Crippen LogP contribution in [0.3, 0.4) is 0 Å². The molecule has 1 amide bonds. The predicted molar refractivity (Wildman–Crippen MR) is 74.3 cm³/mol. The second-order valence-electron chi connectivity index (χ2n) is 3.79. The van der Waals surface area contributed by atoms with Gasteiger partial charge in [-0.15, -0.1) is 0 Å². The maximum Gasteiger partial charge on any atom is 0.251 e. The van der Waals surface area contributed by atoms with Crippen molar-refractivity contribution in [1.29, 1.82) is 0 Å². The van der Waals surface area contributed by atoms with E-state index in [1.54, 1.807) is 0 Å².